The predicted molar refractivity (Wildman–Crippen MR) is 108 cm³/mol. The Labute approximate surface area is 165 Å². The lowest BCUT2D eigenvalue weighted by atomic mass is 10.0. The van der Waals surface area contributed by atoms with E-state index >= 15 is 0 Å². The van der Waals surface area contributed by atoms with E-state index in [0.29, 0.717) is 17.1 Å². The van der Waals surface area contributed by atoms with Gasteiger partial charge in [-0.1, -0.05) is 25.4 Å². The number of hydrogen-bond acceptors (Lipinski definition) is 3. The summed E-state index contributed by atoms with van der Waals surface area (Å²) in [6.07, 6.45) is 1.58. The summed E-state index contributed by atoms with van der Waals surface area (Å²) >= 11 is 5.97. The number of aromatic nitrogens is 2. The van der Waals surface area contributed by atoms with Crippen LogP contribution >= 0.6 is 11.6 Å². The fourth-order valence-corrected chi connectivity index (χ4v) is 3.03. The summed E-state index contributed by atoms with van der Waals surface area (Å²) in [6.45, 7) is 10.1. The monoisotopic (exact) mass is 390 g/mol. The molecule has 2 aromatic rings. The van der Waals surface area contributed by atoms with Crippen LogP contribution in [0.2, 0.25) is 5.02 Å². The Morgan fingerprint density at radius 1 is 1.19 bits per heavy atom. The van der Waals surface area contributed by atoms with Crippen LogP contribution in [0.15, 0.2) is 30.5 Å². The molecule has 2 amide bonds. The zero-order valence-electron chi connectivity index (χ0n) is 16.5. The molecule has 1 heterocycles. The molecule has 146 valence electrons. The molecule has 0 fully saturated rings. The van der Waals surface area contributed by atoms with E-state index in [2.05, 4.69) is 10.4 Å². The highest BCUT2D eigenvalue weighted by Crippen LogP contribution is 2.25. The first-order chi connectivity index (χ1) is 12.7. The van der Waals surface area contributed by atoms with Crippen LogP contribution in [0.3, 0.4) is 0 Å². The van der Waals surface area contributed by atoms with E-state index in [9.17, 15) is 9.59 Å². The van der Waals surface area contributed by atoms with E-state index in [-0.39, 0.29) is 30.3 Å². The summed E-state index contributed by atoms with van der Waals surface area (Å²) in [5, 5.41) is 7.89. The molecule has 0 aliphatic carbocycles. The van der Waals surface area contributed by atoms with Crippen molar-refractivity contribution in [3.8, 4) is 5.69 Å². The van der Waals surface area contributed by atoms with Gasteiger partial charge < -0.3 is 10.2 Å². The van der Waals surface area contributed by atoms with Gasteiger partial charge in [0, 0.05) is 17.6 Å². The summed E-state index contributed by atoms with van der Waals surface area (Å²) < 4.78 is 1.76. The third kappa shape index (κ3) is 5.10. The van der Waals surface area contributed by atoms with Crippen molar-refractivity contribution in [3.63, 3.8) is 0 Å². The molecule has 1 aromatic heterocycles. The molecule has 27 heavy (non-hydrogen) atoms. The highest BCUT2D eigenvalue weighted by molar-refractivity contribution is 6.30. The highest BCUT2D eigenvalue weighted by atomic mass is 35.5. The van der Waals surface area contributed by atoms with E-state index < -0.39 is 0 Å². The minimum atomic E-state index is -0.194. The summed E-state index contributed by atoms with van der Waals surface area (Å²) in [7, 11) is 0. The Bertz CT molecular complexity index is 797. The summed E-state index contributed by atoms with van der Waals surface area (Å²) in [5.41, 5.74) is 2.16. The number of rotatable bonds is 7. The summed E-state index contributed by atoms with van der Waals surface area (Å²) in [5.74, 6) is -0.290. The van der Waals surface area contributed by atoms with E-state index in [1.165, 1.54) is 4.90 Å². The van der Waals surface area contributed by atoms with Crippen LogP contribution in [0.5, 0.6) is 0 Å². The number of nitrogens with one attached hydrogen (secondary N) is 1. The van der Waals surface area contributed by atoms with Crippen molar-refractivity contribution in [3.05, 3.63) is 46.7 Å². The van der Waals surface area contributed by atoms with Crippen LogP contribution in [0.1, 0.15) is 56.6 Å². The maximum atomic E-state index is 13.1. The first-order valence-electron chi connectivity index (χ1n) is 9.17. The number of hydrogen-bond donors (Lipinski definition) is 1. The van der Waals surface area contributed by atoms with Crippen LogP contribution in [0.25, 0.3) is 5.69 Å². The molecule has 0 saturated heterocycles. The summed E-state index contributed by atoms with van der Waals surface area (Å²) in [4.78, 5) is 26.7. The molecule has 0 spiro atoms. The third-order valence-electron chi connectivity index (χ3n) is 4.11. The van der Waals surface area contributed by atoms with Crippen LogP contribution in [0.4, 0.5) is 0 Å². The lowest BCUT2D eigenvalue weighted by Crippen LogP contribution is -2.42. The largest absolute Gasteiger partial charge is 0.352 e. The quantitative estimate of drug-likeness (QED) is 0.784. The second kappa shape index (κ2) is 9.04. The van der Waals surface area contributed by atoms with Gasteiger partial charge in [0.2, 0.25) is 5.91 Å². The molecular weight excluding hydrogens is 364 g/mol. The van der Waals surface area contributed by atoms with Crippen LogP contribution in [-0.2, 0) is 4.79 Å². The lowest BCUT2D eigenvalue weighted by molar-refractivity contribution is -0.122. The van der Waals surface area contributed by atoms with Gasteiger partial charge in [0.05, 0.1) is 29.7 Å². The molecule has 7 heteroatoms. The second-order valence-corrected chi connectivity index (χ2v) is 7.46. The number of carbonyl (C=O) groups is 2. The minimum Gasteiger partial charge on any atom is -0.352 e. The molecule has 0 aliphatic rings. The standard InChI is InChI=1S/C20H27ClN4O2/c1-6-24(12-18(26)23-14(4)5)20(27)17-11-22-25(19(17)13(2)3)16-9-7-15(21)8-10-16/h7-11,13-14H,6,12H2,1-5H3,(H,23,26). The van der Waals surface area contributed by atoms with Crippen molar-refractivity contribution >= 4 is 23.4 Å². The first-order valence-corrected chi connectivity index (χ1v) is 9.54. The number of nitrogens with zero attached hydrogens (tertiary/aromatic N) is 3. The maximum Gasteiger partial charge on any atom is 0.257 e. The van der Waals surface area contributed by atoms with Gasteiger partial charge in [0.25, 0.3) is 5.91 Å². The summed E-state index contributed by atoms with van der Waals surface area (Å²) in [6, 6.07) is 7.34. The van der Waals surface area contributed by atoms with Crippen molar-refractivity contribution < 1.29 is 9.59 Å². The van der Waals surface area contributed by atoms with E-state index in [0.717, 1.165) is 11.4 Å². The van der Waals surface area contributed by atoms with E-state index in [4.69, 9.17) is 11.6 Å². The maximum absolute atomic E-state index is 13.1. The van der Waals surface area contributed by atoms with Crippen molar-refractivity contribution in [2.75, 3.05) is 13.1 Å². The Morgan fingerprint density at radius 2 is 1.81 bits per heavy atom. The zero-order chi connectivity index (χ0) is 20.1. The van der Waals surface area contributed by atoms with Crippen LogP contribution < -0.4 is 5.32 Å². The molecule has 0 unspecified atom stereocenters. The van der Waals surface area contributed by atoms with Gasteiger partial charge >= 0.3 is 0 Å². The van der Waals surface area contributed by atoms with Gasteiger partial charge in [-0.15, -0.1) is 0 Å². The number of carbonyl (C=O) groups excluding carboxylic acids is 2. The van der Waals surface area contributed by atoms with Crippen molar-refractivity contribution in [1.82, 2.24) is 20.0 Å². The van der Waals surface area contributed by atoms with Crippen molar-refractivity contribution in [2.45, 2.75) is 46.6 Å². The first kappa shape index (κ1) is 21.0. The van der Waals surface area contributed by atoms with Gasteiger partial charge in [0.15, 0.2) is 0 Å². The number of halogens is 1. The molecule has 6 nitrogen and oxygen atoms in total. The Hall–Kier alpha value is -2.34. The van der Waals surface area contributed by atoms with E-state index in [1.54, 1.807) is 23.0 Å². The third-order valence-corrected chi connectivity index (χ3v) is 4.36. The molecule has 0 aliphatic heterocycles. The Morgan fingerprint density at radius 3 is 2.33 bits per heavy atom. The molecule has 0 atom stereocenters. The average molecular weight is 391 g/mol. The average Bonchev–Trinajstić information content (AvgIpc) is 3.04. The van der Waals surface area contributed by atoms with Crippen molar-refractivity contribution in [2.24, 2.45) is 0 Å². The normalized spacial score (nSPS) is 11.1. The molecule has 0 bridgehead atoms. The van der Waals surface area contributed by atoms with Gasteiger partial charge in [-0.2, -0.15) is 5.10 Å². The number of amides is 2. The van der Waals surface area contributed by atoms with Gasteiger partial charge in [0.1, 0.15) is 0 Å². The van der Waals surface area contributed by atoms with Crippen molar-refractivity contribution in [1.29, 1.82) is 0 Å². The Kier molecular flexibility index (Phi) is 7.02. The Balaban J connectivity index is 2.35. The van der Waals surface area contributed by atoms with Crippen LogP contribution in [0, 0.1) is 0 Å². The molecule has 1 N–H and O–H groups in total. The fraction of sp³-hybridized carbons (Fsp3) is 0.450. The SMILES string of the molecule is CCN(CC(=O)NC(C)C)C(=O)c1cnn(-c2ccc(Cl)cc2)c1C(C)C. The van der Waals surface area contributed by atoms with Gasteiger partial charge in [-0.25, -0.2) is 4.68 Å². The highest BCUT2D eigenvalue weighted by Gasteiger charge is 2.25. The molecular formula is C20H27ClN4O2. The van der Waals surface area contributed by atoms with Gasteiger partial charge in [-0.3, -0.25) is 9.59 Å². The molecule has 0 saturated carbocycles. The molecule has 1 aromatic carbocycles. The fourth-order valence-electron chi connectivity index (χ4n) is 2.90. The van der Waals surface area contributed by atoms with Gasteiger partial charge in [-0.05, 0) is 51.0 Å². The smallest absolute Gasteiger partial charge is 0.257 e. The van der Waals surface area contributed by atoms with E-state index in [1.807, 2.05) is 46.8 Å². The topological polar surface area (TPSA) is 67.2 Å². The zero-order valence-corrected chi connectivity index (χ0v) is 17.2. The predicted octanol–water partition coefficient (Wildman–Crippen LogP) is 3.64. The second-order valence-electron chi connectivity index (χ2n) is 7.03. The van der Waals surface area contributed by atoms with Crippen LogP contribution in [-0.4, -0.2) is 45.6 Å². The number of benzene rings is 1. The minimum absolute atomic E-state index is 0.0250. The molecule has 2 rings (SSSR count). The molecule has 0 radical (unpaired) electrons. The number of likely N-dealkylation sites (N-methyl/N-ethyl adjacent to an activating group) is 1. The lowest BCUT2D eigenvalue weighted by Gasteiger charge is -2.22.